The lowest BCUT2D eigenvalue weighted by Gasteiger charge is -2.21. The summed E-state index contributed by atoms with van der Waals surface area (Å²) in [4.78, 5) is 1.12. The number of nitrogens with zero attached hydrogens (tertiary/aromatic N) is 2. The molecule has 0 aliphatic heterocycles. The third-order valence-corrected chi connectivity index (χ3v) is 3.39. The van der Waals surface area contributed by atoms with Crippen LogP contribution in [0.5, 0.6) is 0 Å². The molecule has 0 aliphatic rings. The van der Waals surface area contributed by atoms with Crippen LogP contribution in [0.4, 0.5) is 0 Å². The smallest absolute Gasteiger partial charge is 0.0857 e. The van der Waals surface area contributed by atoms with Crippen LogP contribution in [0.2, 0.25) is 0 Å². The lowest BCUT2D eigenvalue weighted by Crippen LogP contribution is -2.29. The van der Waals surface area contributed by atoms with Crippen molar-refractivity contribution < 1.29 is 0 Å². The third-order valence-electron chi connectivity index (χ3n) is 2.56. The van der Waals surface area contributed by atoms with E-state index in [-0.39, 0.29) is 11.5 Å². The van der Waals surface area contributed by atoms with Crippen molar-refractivity contribution in [2.45, 2.75) is 51.5 Å². The van der Waals surface area contributed by atoms with Crippen LogP contribution in [0.3, 0.4) is 0 Å². The molecule has 1 atom stereocenters. The van der Waals surface area contributed by atoms with Crippen LogP contribution in [-0.4, -0.2) is 9.59 Å². The summed E-state index contributed by atoms with van der Waals surface area (Å²) in [5.41, 5.74) is 3.85. The largest absolute Gasteiger partial charge is 0.271 e. The lowest BCUT2D eigenvalue weighted by atomic mass is 9.89. The minimum atomic E-state index is -0.0104. The Balaban J connectivity index is 2.82. The van der Waals surface area contributed by atoms with E-state index in [0.29, 0.717) is 0 Å². The fourth-order valence-electron chi connectivity index (χ4n) is 1.64. The van der Waals surface area contributed by atoms with E-state index in [1.807, 2.05) is 0 Å². The molecule has 94 valence electrons. The van der Waals surface area contributed by atoms with Gasteiger partial charge < -0.3 is 0 Å². The zero-order chi connectivity index (χ0) is 12.9. The van der Waals surface area contributed by atoms with Crippen molar-refractivity contribution in [1.82, 2.24) is 15.0 Å². The van der Waals surface area contributed by atoms with Gasteiger partial charge in [-0.2, -0.15) is 0 Å². The zero-order valence-corrected chi connectivity index (χ0v) is 11.5. The number of nitrogens with one attached hydrogen (secondary N) is 1. The quantitative estimate of drug-likeness (QED) is 0.365. The average molecular weight is 252 g/mol. The summed E-state index contributed by atoms with van der Waals surface area (Å²) in [5, 5.41) is 4.22. The zero-order valence-electron chi connectivity index (χ0n) is 10.7. The maximum Gasteiger partial charge on any atom is 0.0857 e. The van der Waals surface area contributed by atoms with Crippen LogP contribution in [0.25, 0.3) is 0 Å². The van der Waals surface area contributed by atoms with E-state index in [0.717, 1.165) is 29.8 Å². The SMILES string of the molecule is C#CCCCC(NN)c1snnc1C(C)(C)C. The van der Waals surface area contributed by atoms with Gasteiger partial charge in [0.1, 0.15) is 0 Å². The van der Waals surface area contributed by atoms with Crippen molar-refractivity contribution in [3.8, 4) is 12.3 Å². The number of aromatic nitrogens is 2. The predicted molar refractivity (Wildman–Crippen MR) is 71.4 cm³/mol. The van der Waals surface area contributed by atoms with Gasteiger partial charge in [-0.1, -0.05) is 25.3 Å². The second-order valence-electron chi connectivity index (χ2n) is 5.05. The highest BCUT2D eigenvalue weighted by molar-refractivity contribution is 7.05. The Bertz CT molecular complexity index is 386. The van der Waals surface area contributed by atoms with Crippen molar-refractivity contribution in [1.29, 1.82) is 0 Å². The molecule has 0 aromatic carbocycles. The van der Waals surface area contributed by atoms with Crippen LogP contribution in [-0.2, 0) is 5.41 Å². The van der Waals surface area contributed by atoms with Crippen LogP contribution < -0.4 is 11.3 Å². The summed E-state index contributed by atoms with van der Waals surface area (Å²) >= 11 is 1.41. The first kappa shape index (κ1) is 14.1. The minimum absolute atomic E-state index is 0.0104. The molecule has 4 nitrogen and oxygen atoms in total. The molecule has 3 N–H and O–H groups in total. The maximum atomic E-state index is 5.61. The molecule has 0 spiro atoms. The molecular weight excluding hydrogens is 232 g/mol. The molecule has 1 aromatic rings. The number of rotatable bonds is 5. The number of hydrogen-bond acceptors (Lipinski definition) is 5. The Morgan fingerprint density at radius 2 is 2.24 bits per heavy atom. The molecule has 1 rings (SSSR count). The van der Waals surface area contributed by atoms with E-state index in [2.05, 4.69) is 41.7 Å². The molecule has 1 unspecified atom stereocenters. The number of nitrogens with two attached hydrogens (primary N) is 1. The van der Waals surface area contributed by atoms with Gasteiger partial charge >= 0.3 is 0 Å². The fraction of sp³-hybridized carbons (Fsp3) is 0.667. The van der Waals surface area contributed by atoms with Crippen LogP contribution >= 0.6 is 11.5 Å². The molecule has 0 bridgehead atoms. The molecule has 0 saturated heterocycles. The normalized spacial score (nSPS) is 13.4. The minimum Gasteiger partial charge on any atom is -0.271 e. The second kappa shape index (κ2) is 6.10. The molecule has 17 heavy (non-hydrogen) atoms. The van der Waals surface area contributed by atoms with Crippen molar-refractivity contribution >= 4 is 11.5 Å². The first-order valence-corrected chi connectivity index (χ1v) is 6.50. The lowest BCUT2D eigenvalue weighted by molar-refractivity contribution is 0.485. The van der Waals surface area contributed by atoms with Gasteiger partial charge in [-0.15, -0.1) is 17.4 Å². The molecule has 0 saturated carbocycles. The third kappa shape index (κ3) is 3.77. The summed E-state index contributed by atoms with van der Waals surface area (Å²) in [6.45, 7) is 6.38. The number of unbranched alkanes of at least 4 members (excludes halogenated alkanes) is 1. The summed E-state index contributed by atoms with van der Waals surface area (Å²) in [5.74, 6) is 8.25. The fourth-order valence-corrected chi connectivity index (χ4v) is 2.60. The average Bonchev–Trinajstić information content (AvgIpc) is 2.73. The van der Waals surface area contributed by atoms with Gasteiger partial charge in [0.2, 0.25) is 0 Å². The van der Waals surface area contributed by atoms with Crippen LogP contribution in [0.1, 0.15) is 56.6 Å². The number of hydrogen-bond donors (Lipinski definition) is 2. The van der Waals surface area contributed by atoms with Gasteiger partial charge in [-0.05, 0) is 24.4 Å². The van der Waals surface area contributed by atoms with Crippen LogP contribution in [0.15, 0.2) is 0 Å². The Kier molecular flexibility index (Phi) is 5.06. The van der Waals surface area contributed by atoms with E-state index < -0.39 is 0 Å². The van der Waals surface area contributed by atoms with Crippen molar-refractivity contribution in [3.05, 3.63) is 10.6 Å². The summed E-state index contributed by atoms with van der Waals surface area (Å²) in [6.07, 6.45) is 7.88. The first-order chi connectivity index (χ1) is 8.00. The molecule has 0 fully saturated rings. The first-order valence-electron chi connectivity index (χ1n) is 5.73. The molecular formula is C12H20N4S. The highest BCUT2D eigenvalue weighted by Gasteiger charge is 2.26. The van der Waals surface area contributed by atoms with Crippen LogP contribution in [0, 0.1) is 12.3 Å². The summed E-state index contributed by atoms with van der Waals surface area (Å²) in [7, 11) is 0. The Morgan fingerprint density at radius 1 is 1.53 bits per heavy atom. The van der Waals surface area contributed by atoms with Gasteiger partial charge in [-0.25, -0.2) is 0 Å². The highest BCUT2D eigenvalue weighted by Crippen LogP contribution is 2.32. The molecule has 0 amide bonds. The topological polar surface area (TPSA) is 63.8 Å². The molecule has 5 heteroatoms. The molecule has 0 radical (unpaired) electrons. The van der Waals surface area contributed by atoms with E-state index in [4.69, 9.17) is 12.3 Å². The Labute approximate surface area is 107 Å². The van der Waals surface area contributed by atoms with E-state index in [9.17, 15) is 0 Å². The van der Waals surface area contributed by atoms with Gasteiger partial charge in [0.05, 0.1) is 16.6 Å². The van der Waals surface area contributed by atoms with Gasteiger partial charge in [0, 0.05) is 11.8 Å². The van der Waals surface area contributed by atoms with E-state index in [1.54, 1.807) is 0 Å². The summed E-state index contributed by atoms with van der Waals surface area (Å²) in [6, 6.07) is 0.0950. The monoisotopic (exact) mass is 252 g/mol. The highest BCUT2D eigenvalue weighted by atomic mass is 32.1. The number of hydrazine groups is 1. The van der Waals surface area contributed by atoms with Crippen molar-refractivity contribution in [2.24, 2.45) is 5.84 Å². The second-order valence-corrected chi connectivity index (χ2v) is 5.84. The molecule has 0 aliphatic carbocycles. The molecule has 1 aromatic heterocycles. The Hall–Kier alpha value is -0.960. The summed E-state index contributed by atoms with van der Waals surface area (Å²) < 4.78 is 4.04. The van der Waals surface area contributed by atoms with Gasteiger partial charge in [-0.3, -0.25) is 11.3 Å². The van der Waals surface area contributed by atoms with Gasteiger partial charge in [0.25, 0.3) is 0 Å². The number of terminal acetylenes is 1. The van der Waals surface area contributed by atoms with Gasteiger partial charge in [0.15, 0.2) is 0 Å². The predicted octanol–water partition coefficient (Wildman–Crippen LogP) is 2.14. The van der Waals surface area contributed by atoms with Crippen molar-refractivity contribution in [3.63, 3.8) is 0 Å². The van der Waals surface area contributed by atoms with Crippen molar-refractivity contribution in [2.75, 3.05) is 0 Å². The standard InChI is InChI=1S/C12H20N4S/c1-5-6-7-8-9(14-13)10-11(12(2,3)4)15-16-17-10/h1,9,14H,6-8,13H2,2-4H3. The maximum absolute atomic E-state index is 5.61. The Morgan fingerprint density at radius 3 is 2.76 bits per heavy atom. The van der Waals surface area contributed by atoms with E-state index >= 15 is 0 Å². The molecule has 1 heterocycles. The van der Waals surface area contributed by atoms with E-state index in [1.165, 1.54) is 11.5 Å².